The number of ether oxygens (including phenoxy) is 1. The first-order valence-corrected chi connectivity index (χ1v) is 14.1. The van der Waals surface area contributed by atoms with E-state index in [0.717, 1.165) is 17.5 Å². The summed E-state index contributed by atoms with van der Waals surface area (Å²) in [6, 6.07) is 5.23. The van der Waals surface area contributed by atoms with Crippen molar-refractivity contribution in [1.82, 2.24) is 29.8 Å². The van der Waals surface area contributed by atoms with Crippen molar-refractivity contribution >= 4 is 16.1 Å². The van der Waals surface area contributed by atoms with Crippen molar-refractivity contribution in [2.45, 2.75) is 82.3 Å². The highest BCUT2D eigenvalue weighted by Gasteiger charge is 2.28. The number of likely N-dealkylation sites (tertiary alicyclic amines) is 1. The Morgan fingerprint density at radius 3 is 2.51 bits per heavy atom. The molecule has 0 atom stereocenters. The maximum Gasteiger partial charge on any atom is 0.410 e. The minimum atomic E-state index is -3.60. The number of carbonyl (C=O) groups is 1. The van der Waals surface area contributed by atoms with Gasteiger partial charge < -0.3 is 9.64 Å². The van der Waals surface area contributed by atoms with Crippen LogP contribution in [0.15, 0.2) is 23.1 Å². The smallest absolute Gasteiger partial charge is 0.410 e. The number of nitrogens with zero attached hydrogens (tertiary/aromatic N) is 5. The standard InChI is InChI=1S/C24H36N6O4S/c1-17(2)34-24(31)29-13-11-20(12-14-29)30-27-23(26-28-30)22-16-21(35(32,33)25-3)10-9-19(22)15-18-7-5-4-6-8-18/h9-10,16-18,20,25H,4-8,11-15H2,1-3H3. The van der Waals surface area contributed by atoms with Gasteiger partial charge >= 0.3 is 6.09 Å². The second-order valence-corrected chi connectivity index (χ2v) is 11.7. The molecule has 35 heavy (non-hydrogen) atoms. The lowest BCUT2D eigenvalue weighted by Crippen LogP contribution is -2.40. The number of sulfonamides is 1. The van der Waals surface area contributed by atoms with Crippen molar-refractivity contribution in [2.24, 2.45) is 5.92 Å². The molecule has 0 bridgehead atoms. The van der Waals surface area contributed by atoms with E-state index in [4.69, 9.17) is 4.74 Å². The molecular weight excluding hydrogens is 468 g/mol. The van der Waals surface area contributed by atoms with Crippen LogP contribution >= 0.6 is 0 Å². The molecule has 1 aliphatic carbocycles. The highest BCUT2D eigenvalue weighted by molar-refractivity contribution is 7.89. The van der Waals surface area contributed by atoms with Crippen LogP contribution in [-0.4, -0.2) is 65.9 Å². The first-order chi connectivity index (χ1) is 16.8. The van der Waals surface area contributed by atoms with E-state index < -0.39 is 10.0 Å². The second-order valence-electron chi connectivity index (χ2n) is 9.82. The van der Waals surface area contributed by atoms with Crippen LogP contribution in [0.2, 0.25) is 0 Å². The highest BCUT2D eigenvalue weighted by atomic mass is 32.2. The lowest BCUT2D eigenvalue weighted by molar-refractivity contribution is 0.0642. The van der Waals surface area contributed by atoms with Gasteiger partial charge in [-0.3, -0.25) is 0 Å². The fraction of sp³-hybridized carbons (Fsp3) is 0.667. The van der Waals surface area contributed by atoms with Crippen molar-refractivity contribution in [2.75, 3.05) is 20.1 Å². The summed E-state index contributed by atoms with van der Waals surface area (Å²) >= 11 is 0. The van der Waals surface area contributed by atoms with E-state index in [2.05, 4.69) is 20.1 Å². The summed E-state index contributed by atoms with van der Waals surface area (Å²) in [4.78, 5) is 15.7. The van der Waals surface area contributed by atoms with Crippen molar-refractivity contribution < 1.29 is 17.9 Å². The molecular formula is C24H36N6O4S. The predicted octanol–water partition coefficient (Wildman–Crippen LogP) is 3.55. The van der Waals surface area contributed by atoms with E-state index in [1.807, 2.05) is 19.9 Å². The molecule has 1 aliphatic heterocycles. The first-order valence-electron chi connectivity index (χ1n) is 12.6. The zero-order chi connectivity index (χ0) is 25.0. The van der Waals surface area contributed by atoms with Gasteiger partial charge in [-0.1, -0.05) is 38.2 Å². The topological polar surface area (TPSA) is 119 Å². The molecule has 2 heterocycles. The molecule has 10 nitrogen and oxygen atoms in total. The van der Waals surface area contributed by atoms with E-state index in [9.17, 15) is 13.2 Å². The van der Waals surface area contributed by atoms with Gasteiger partial charge in [0.1, 0.15) is 0 Å². The van der Waals surface area contributed by atoms with Gasteiger partial charge in [0.15, 0.2) is 0 Å². The molecule has 1 amide bonds. The van der Waals surface area contributed by atoms with Gasteiger partial charge in [-0.05, 0) is 69.0 Å². The molecule has 1 N–H and O–H groups in total. The Kier molecular flexibility index (Phi) is 8.05. The van der Waals surface area contributed by atoms with Gasteiger partial charge in [0.05, 0.1) is 17.0 Å². The lowest BCUT2D eigenvalue weighted by atomic mass is 9.84. The molecule has 1 aromatic heterocycles. The SMILES string of the molecule is CNS(=O)(=O)c1ccc(CC2CCCCC2)c(-c2nnn(C3CCN(C(=O)OC(C)C)CC3)n2)c1. The van der Waals surface area contributed by atoms with Gasteiger partial charge in [0, 0.05) is 18.7 Å². The van der Waals surface area contributed by atoms with Gasteiger partial charge in [-0.2, -0.15) is 4.80 Å². The zero-order valence-corrected chi connectivity index (χ0v) is 21.6. The van der Waals surface area contributed by atoms with Gasteiger partial charge in [0.25, 0.3) is 0 Å². The van der Waals surface area contributed by atoms with E-state index >= 15 is 0 Å². The molecule has 2 fully saturated rings. The first kappa shape index (κ1) is 25.6. The van der Waals surface area contributed by atoms with Crippen molar-refractivity contribution in [3.63, 3.8) is 0 Å². The lowest BCUT2D eigenvalue weighted by Gasteiger charge is -2.30. The van der Waals surface area contributed by atoms with E-state index in [0.29, 0.717) is 37.7 Å². The number of rotatable bonds is 7. The molecule has 1 saturated heterocycles. The molecule has 2 aliphatic rings. The Bertz CT molecular complexity index is 1120. The second kappa shape index (κ2) is 11.0. The van der Waals surface area contributed by atoms with Crippen molar-refractivity contribution in [1.29, 1.82) is 0 Å². The minimum Gasteiger partial charge on any atom is -0.447 e. The zero-order valence-electron chi connectivity index (χ0n) is 20.8. The van der Waals surface area contributed by atoms with E-state index in [1.165, 1.54) is 39.2 Å². The predicted molar refractivity (Wildman–Crippen MR) is 131 cm³/mol. The largest absolute Gasteiger partial charge is 0.447 e. The number of nitrogens with one attached hydrogen (secondary N) is 1. The number of tetrazole rings is 1. The average molecular weight is 505 g/mol. The third-order valence-corrected chi connectivity index (χ3v) is 8.36. The number of hydrogen-bond acceptors (Lipinski definition) is 7. The average Bonchev–Trinajstić information content (AvgIpc) is 3.35. The molecule has 1 aromatic carbocycles. The van der Waals surface area contributed by atoms with E-state index in [-0.39, 0.29) is 23.1 Å². The Balaban J connectivity index is 1.54. The summed E-state index contributed by atoms with van der Waals surface area (Å²) in [6.07, 6.45) is 7.98. The number of amides is 1. The van der Waals surface area contributed by atoms with Crippen LogP contribution in [0, 0.1) is 5.92 Å². The number of aromatic nitrogens is 4. The molecule has 0 unspecified atom stereocenters. The van der Waals surface area contributed by atoms with Crippen LogP contribution in [0.1, 0.15) is 70.4 Å². The number of benzene rings is 1. The number of piperidine rings is 1. The van der Waals surface area contributed by atoms with Gasteiger partial charge in [-0.25, -0.2) is 17.9 Å². The van der Waals surface area contributed by atoms with Crippen LogP contribution < -0.4 is 4.72 Å². The molecule has 1 saturated carbocycles. The molecule has 0 spiro atoms. The van der Waals surface area contributed by atoms with Crippen LogP contribution in [0.5, 0.6) is 0 Å². The van der Waals surface area contributed by atoms with Crippen molar-refractivity contribution in [3.8, 4) is 11.4 Å². The fourth-order valence-electron chi connectivity index (χ4n) is 4.97. The Hall–Kier alpha value is -2.53. The highest BCUT2D eigenvalue weighted by Crippen LogP contribution is 2.32. The van der Waals surface area contributed by atoms with E-state index in [1.54, 1.807) is 21.8 Å². The summed E-state index contributed by atoms with van der Waals surface area (Å²) in [5.41, 5.74) is 1.77. The molecule has 2 aromatic rings. The maximum atomic E-state index is 12.5. The van der Waals surface area contributed by atoms with Crippen LogP contribution in [0.25, 0.3) is 11.4 Å². The van der Waals surface area contributed by atoms with Crippen LogP contribution in [0.3, 0.4) is 0 Å². The quantitative estimate of drug-likeness (QED) is 0.612. The molecule has 0 radical (unpaired) electrons. The maximum absolute atomic E-state index is 12.5. The summed E-state index contributed by atoms with van der Waals surface area (Å²) in [5, 5.41) is 13.3. The van der Waals surface area contributed by atoms with Crippen LogP contribution in [0.4, 0.5) is 4.79 Å². The fourth-order valence-corrected chi connectivity index (χ4v) is 5.73. The summed E-state index contributed by atoms with van der Waals surface area (Å²) in [6.45, 7) is 4.81. The molecule has 11 heteroatoms. The molecule has 4 rings (SSSR count). The molecule has 192 valence electrons. The normalized spacial score (nSPS) is 18.2. The van der Waals surface area contributed by atoms with Gasteiger partial charge in [0.2, 0.25) is 15.8 Å². The minimum absolute atomic E-state index is 0.0189. The Labute approximate surface area is 207 Å². The Morgan fingerprint density at radius 2 is 1.86 bits per heavy atom. The number of carbonyl (C=O) groups excluding carboxylic acids is 1. The monoisotopic (exact) mass is 504 g/mol. The van der Waals surface area contributed by atoms with Gasteiger partial charge in [-0.15, -0.1) is 10.2 Å². The van der Waals surface area contributed by atoms with Crippen molar-refractivity contribution in [3.05, 3.63) is 23.8 Å². The summed E-state index contributed by atoms with van der Waals surface area (Å²) in [5.74, 6) is 1.02. The summed E-state index contributed by atoms with van der Waals surface area (Å²) in [7, 11) is -2.19. The Morgan fingerprint density at radius 1 is 1.14 bits per heavy atom. The third-order valence-electron chi connectivity index (χ3n) is 6.95. The third kappa shape index (κ3) is 6.19. The number of hydrogen-bond donors (Lipinski definition) is 1. The summed E-state index contributed by atoms with van der Waals surface area (Å²) < 4.78 is 32.6. The van der Waals surface area contributed by atoms with Crippen LogP contribution in [-0.2, 0) is 21.2 Å².